The van der Waals surface area contributed by atoms with E-state index in [1.54, 1.807) is 16.9 Å². The number of aliphatic hydroxyl groups is 1. The summed E-state index contributed by atoms with van der Waals surface area (Å²) < 4.78 is 14.1. The number of nitrogens with zero attached hydrogens (tertiary/aromatic N) is 1. The van der Waals surface area contributed by atoms with Crippen molar-refractivity contribution in [3.8, 4) is 0 Å². The second kappa shape index (κ2) is 10.4. The molecule has 8 rings (SSSR count). The molecule has 4 aliphatic carbocycles. The lowest BCUT2D eigenvalue weighted by molar-refractivity contribution is -0.322. The first kappa shape index (κ1) is 29.1. The SMILES string of the molecule is Cc1nc2cc(/C=C/c3ccc([C@H]4C[C@]5(C)CCCC5C5CC[C@@]6(O)CC7(CCC6=C54)OCC(C)(C)CO7)cc3)ccc2s1. The second-order valence-electron chi connectivity index (χ2n) is 15.8. The fourth-order valence-corrected chi connectivity index (χ4v) is 10.6. The fourth-order valence-electron chi connectivity index (χ4n) is 9.75. The van der Waals surface area contributed by atoms with E-state index in [0.29, 0.717) is 36.9 Å². The van der Waals surface area contributed by atoms with Crippen LogP contribution in [0.4, 0.5) is 0 Å². The average molecular weight is 610 g/mol. The minimum absolute atomic E-state index is 0.0287. The molecule has 2 heterocycles. The van der Waals surface area contributed by atoms with E-state index in [1.807, 2.05) is 0 Å². The van der Waals surface area contributed by atoms with Gasteiger partial charge in [-0.15, -0.1) is 11.3 Å². The van der Waals surface area contributed by atoms with E-state index in [1.165, 1.54) is 52.6 Å². The Hall–Kier alpha value is -2.31. The molecule has 1 saturated heterocycles. The molecular weight excluding hydrogens is 563 g/mol. The summed E-state index contributed by atoms with van der Waals surface area (Å²) in [5, 5.41) is 13.5. The molecule has 5 heteroatoms. The van der Waals surface area contributed by atoms with Gasteiger partial charge in [0.05, 0.1) is 34.0 Å². The van der Waals surface area contributed by atoms with Crippen LogP contribution in [0.1, 0.15) is 106 Å². The molecule has 0 radical (unpaired) electrons. The summed E-state index contributed by atoms with van der Waals surface area (Å²) in [6.07, 6.45) is 13.8. The second-order valence-corrected chi connectivity index (χ2v) is 17.0. The monoisotopic (exact) mass is 609 g/mol. The van der Waals surface area contributed by atoms with E-state index in [-0.39, 0.29) is 5.41 Å². The molecule has 2 unspecified atom stereocenters. The van der Waals surface area contributed by atoms with E-state index in [2.05, 4.69) is 87.3 Å². The molecule has 2 aromatic carbocycles. The van der Waals surface area contributed by atoms with Gasteiger partial charge in [0.15, 0.2) is 5.79 Å². The van der Waals surface area contributed by atoms with Crippen molar-refractivity contribution in [2.24, 2.45) is 22.7 Å². The Morgan fingerprint density at radius 2 is 1.68 bits per heavy atom. The molecule has 5 aliphatic rings. The smallest absolute Gasteiger partial charge is 0.171 e. The fraction of sp³-hybridized carbons (Fsp3) is 0.564. The highest BCUT2D eigenvalue weighted by Gasteiger charge is 2.58. The molecular formula is C39H47NO3S. The summed E-state index contributed by atoms with van der Waals surface area (Å²) in [6.45, 7) is 10.4. The van der Waals surface area contributed by atoms with Crippen LogP contribution in [0.2, 0.25) is 0 Å². The molecule has 3 saturated carbocycles. The third-order valence-electron chi connectivity index (χ3n) is 12.0. The van der Waals surface area contributed by atoms with Gasteiger partial charge in [0.25, 0.3) is 0 Å². The Labute approximate surface area is 266 Å². The average Bonchev–Trinajstić information content (AvgIpc) is 3.58. The molecule has 0 bridgehead atoms. The Morgan fingerprint density at radius 3 is 2.48 bits per heavy atom. The van der Waals surface area contributed by atoms with Crippen LogP contribution < -0.4 is 0 Å². The van der Waals surface area contributed by atoms with E-state index >= 15 is 0 Å². The van der Waals surface area contributed by atoms with Gasteiger partial charge in [-0.2, -0.15) is 0 Å². The van der Waals surface area contributed by atoms with Crippen molar-refractivity contribution >= 4 is 33.7 Å². The van der Waals surface area contributed by atoms with Crippen LogP contribution in [0.3, 0.4) is 0 Å². The van der Waals surface area contributed by atoms with Gasteiger partial charge in [-0.1, -0.05) is 75.2 Å². The van der Waals surface area contributed by atoms with Crippen molar-refractivity contribution in [3.63, 3.8) is 0 Å². The minimum Gasteiger partial charge on any atom is -0.385 e. The number of rotatable bonds is 3. The largest absolute Gasteiger partial charge is 0.385 e. The van der Waals surface area contributed by atoms with Crippen molar-refractivity contribution in [2.45, 2.75) is 103 Å². The zero-order valence-corrected chi connectivity index (χ0v) is 27.6. The zero-order valence-electron chi connectivity index (χ0n) is 26.8. The molecule has 4 fully saturated rings. The highest BCUT2D eigenvalue weighted by atomic mass is 32.1. The molecule has 44 heavy (non-hydrogen) atoms. The molecule has 5 atom stereocenters. The van der Waals surface area contributed by atoms with Crippen LogP contribution in [0.25, 0.3) is 22.4 Å². The van der Waals surface area contributed by atoms with Crippen LogP contribution in [0, 0.1) is 29.6 Å². The van der Waals surface area contributed by atoms with Gasteiger partial charge >= 0.3 is 0 Å². The number of allylic oxidation sites excluding steroid dienone is 1. The maximum Gasteiger partial charge on any atom is 0.171 e. The van der Waals surface area contributed by atoms with Crippen molar-refractivity contribution in [1.29, 1.82) is 0 Å². The van der Waals surface area contributed by atoms with Gasteiger partial charge in [-0.05, 0) is 97.1 Å². The molecule has 1 aromatic heterocycles. The summed E-state index contributed by atoms with van der Waals surface area (Å²) in [5.74, 6) is 1.06. The predicted molar refractivity (Wildman–Crippen MR) is 179 cm³/mol. The number of hydrogen-bond acceptors (Lipinski definition) is 5. The van der Waals surface area contributed by atoms with Crippen LogP contribution in [0.15, 0.2) is 53.6 Å². The molecule has 1 aliphatic heterocycles. The van der Waals surface area contributed by atoms with Crippen LogP contribution in [-0.2, 0) is 9.47 Å². The number of fused-ring (bicyclic) bond motifs is 5. The van der Waals surface area contributed by atoms with E-state index in [9.17, 15) is 5.11 Å². The number of thiazole rings is 1. The van der Waals surface area contributed by atoms with Gasteiger partial charge < -0.3 is 14.6 Å². The van der Waals surface area contributed by atoms with E-state index in [4.69, 9.17) is 9.47 Å². The van der Waals surface area contributed by atoms with Crippen molar-refractivity contribution in [3.05, 3.63) is 75.3 Å². The zero-order chi connectivity index (χ0) is 30.3. The molecule has 4 nitrogen and oxygen atoms in total. The first-order valence-corrected chi connectivity index (χ1v) is 17.7. The van der Waals surface area contributed by atoms with Gasteiger partial charge in [-0.25, -0.2) is 4.98 Å². The lowest BCUT2D eigenvalue weighted by Crippen LogP contribution is -2.57. The summed E-state index contributed by atoms with van der Waals surface area (Å²) >= 11 is 1.75. The molecule has 232 valence electrons. The topological polar surface area (TPSA) is 51.6 Å². The number of ether oxygens (including phenoxy) is 2. The number of aromatic nitrogens is 1. The molecule has 0 amide bonds. The minimum atomic E-state index is -0.824. The summed E-state index contributed by atoms with van der Waals surface area (Å²) in [6, 6.07) is 15.9. The van der Waals surface area contributed by atoms with Crippen molar-refractivity contribution in [1.82, 2.24) is 4.98 Å². The maximum atomic E-state index is 12.4. The molecule has 1 spiro atoms. The van der Waals surface area contributed by atoms with Crippen molar-refractivity contribution in [2.75, 3.05) is 13.2 Å². The Balaban J connectivity index is 1.10. The summed E-state index contributed by atoms with van der Waals surface area (Å²) in [4.78, 5) is 4.67. The third kappa shape index (κ3) is 4.94. The summed E-state index contributed by atoms with van der Waals surface area (Å²) in [7, 11) is 0. The van der Waals surface area contributed by atoms with Crippen LogP contribution in [0.5, 0.6) is 0 Å². The van der Waals surface area contributed by atoms with E-state index in [0.717, 1.165) is 42.1 Å². The number of benzene rings is 2. The van der Waals surface area contributed by atoms with Gasteiger partial charge in [0.1, 0.15) is 0 Å². The van der Waals surface area contributed by atoms with Gasteiger partial charge in [0.2, 0.25) is 0 Å². The normalized spacial score (nSPS) is 34.3. The molecule has 3 aromatic rings. The van der Waals surface area contributed by atoms with Gasteiger partial charge in [-0.3, -0.25) is 0 Å². The third-order valence-corrected chi connectivity index (χ3v) is 12.9. The highest BCUT2D eigenvalue weighted by molar-refractivity contribution is 7.18. The van der Waals surface area contributed by atoms with Crippen molar-refractivity contribution < 1.29 is 14.6 Å². The quantitative estimate of drug-likeness (QED) is 0.237. The number of hydrogen-bond donors (Lipinski definition) is 1. The van der Waals surface area contributed by atoms with E-state index < -0.39 is 11.4 Å². The Bertz CT molecular complexity index is 1640. The number of aryl methyl sites for hydroxylation is 1. The Kier molecular flexibility index (Phi) is 6.85. The predicted octanol–water partition coefficient (Wildman–Crippen LogP) is 9.46. The maximum absolute atomic E-state index is 12.4. The van der Waals surface area contributed by atoms with Crippen LogP contribution in [-0.4, -0.2) is 34.7 Å². The first-order chi connectivity index (χ1) is 21.0. The first-order valence-electron chi connectivity index (χ1n) is 16.9. The van der Waals surface area contributed by atoms with Gasteiger partial charge in [0, 0.05) is 24.2 Å². The lowest BCUT2D eigenvalue weighted by Gasteiger charge is -2.57. The highest BCUT2D eigenvalue weighted by Crippen LogP contribution is 2.65. The summed E-state index contributed by atoms with van der Waals surface area (Å²) in [5.41, 5.74) is 7.41. The lowest BCUT2D eigenvalue weighted by atomic mass is 9.51. The molecule has 1 N–H and O–H groups in total. The van der Waals surface area contributed by atoms with Crippen LogP contribution >= 0.6 is 11.3 Å². The Morgan fingerprint density at radius 1 is 0.932 bits per heavy atom. The standard InChI is InChI=1S/C39H47NO3S/c1-25-40-33-20-27(11-14-34(33)44-25)8-7-26-9-12-28(13-10-26)30-21-37(4)17-5-6-31(37)29-15-18-38(41)22-39(19-16-32(38)35(29)30)42-23-36(2,3)24-43-39/h7-14,20,29-31,41H,5-6,15-19,21-24H2,1-4H3/b8-7+/t29?,30-,31?,37+,38-/m1/s1.